The minimum absolute atomic E-state index is 0.0474. The van der Waals surface area contributed by atoms with Crippen molar-refractivity contribution in [2.45, 2.75) is 13.3 Å². The minimum atomic E-state index is -0.675. The lowest BCUT2D eigenvalue weighted by Crippen LogP contribution is -2.07. The van der Waals surface area contributed by atoms with Gasteiger partial charge in [0.05, 0.1) is 16.9 Å². The van der Waals surface area contributed by atoms with Gasteiger partial charge < -0.3 is 10.6 Å². The van der Waals surface area contributed by atoms with Crippen molar-refractivity contribution in [2.75, 3.05) is 17.2 Å². The predicted octanol–water partition coefficient (Wildman–Crippen LogP) is 3.97. The lowest BCUT2D eigenvalue weighted by Gasteiger charge is -2.10. The summed E-state index contributed by atoms with van der Waals surface area (Å²) in [7, 11) is 0. The van der Waals surface area contributed by atoms with E-state index in [0.29, 0.717) is 6.54 Å². The van der Waals surface area contributed by atoms with Gasteiger partial charge in [-0.2, -0.15) is 4.98 Å². The molecule has 4 nitrogen and oxygen atoms in total. The lowest BCUT2D eigenvalue weighted by molar-refractivity contribution is 0.616. The molecule has 0 unspecified atom stereocenters. The Labute approximate surface area is 120 Å². The average molecular weight is 299 g/mol. The molecule has 0 spiro atoms. The van der Waals surface area contributed by atoms with Gasteiger partial charge in [0.15, 0.2) is 17.5 Å². The molecular weight excluding hydrogens is 286 g/mol. The van der Waals surface area contributed by atoms with Crippen LogP contribution in [0.3, 0.4) is 0 Å². The van der Waals surface area contributed by atoms with E-state index in [1.807, 2.05) is 6.92 Å². The van der Waals surface area contributed by atoms with Crippen molar-refractivity contribution in [3.63, 3.8) is 0 Å². The fourth-order valence-corrected chi connectivity index (χ4v) is 1.68. The number of benzene rings is 1. The summed E-state index contributed by atoms with van der Waals surface area (Å²) in [6.45, 7) is 2.65. The SMILES string of the molecule is CCCNc1ncc(F)c(Nc2cccc(Cl)c2F)n1. The van der Waals surface area contributed by atoms with E-state index in [9.17, 15) is 8.78 Å². The molecule has 2 aromatic rings. The fraction of sp³-hybridized carbons (Fsp3) is 0.231. The van der Waals surface area contributed by atoms with Gasteiger partial charge in [0, 0.05) is 6.54 Å². The van der Waals surface area contributed by atoms with E-state index in [1.165, 1.54) is 12.1 Å². The van der Waals surface area contributed by atoms with Gasteiger partial charge in [0.2, 0.25) is 5.95 Å². The van der Waals surface area contributed by atoms with Gasteiger partial charge in [0.1, 0.15) is 0 Å². The van der Waals surface area contributed by atoms with E-state index in [0.717, 1.165) is 12.6 Å². The summed E-state index contributed by atoms with van der Waals surface area (Å²) in [5, 5.41) is 5.45. The van der Waals surface area contributed by atoms with E-state index in [2.05, 4.69) is 20.6 Å². The molecule has 2 N–H and O–H groups in total. The second kappa shape index (κ2) is 6.47. The molecule has 0 aliphatic heterocycles. The maximum absolute atomic E-state index is 13.7. The molecule has 0 bridgehead atoms. The summed E-state index contributed by atoms with van der Waals surface area (Å²) < 4.78 is 27.4. The Morgan fingerprint density at radius 2 is 2.10 bits per heavy atom. The van der Waals surface area contributed by atoms with Crippen LogP contribution in [-0.2, 0) is 0 Å². The summed E-state index contributed by atoms with van der Waals surface area (Å²) >= 11 is 5.67. The Hall–Kier alpha value is -1.95. The molecule has 0 saturated heterocycles. The molecule has 1 heterocycles. The molecule has 20 heavy (non-hydrogen) atoms. The van der Waals surface area contributed by atoms with E-state index < -0.39 is 11.6 Å². The molecule has 1 aromatic carbocycles. The van der Waals surface area contributed by atoms with E-state index >= 15 is 0 Å². The standard InChI is InChI=1S/C13H13ClF2N4/c1-2-6-17-13-18-7-9(15)12(20-13)19-10-5-3-4-8(14)11(10)16/h3-5,7H,2,6H2,1H3,(H2,17,18,19,20). The summed E-state index contributed by atoms with van der Waals surface area (Å²) in [5.41, 5.74) is 0.0524. The van der Waals surface area contributed by atoms with Crippen LogP contribution in [0.15, 0.2) is 24.4 Å². The predicted molar refractivity (Wildman–Crippen MR) is 75.5 cm³/mol. The van der Waals surface area contributed by atoms with Crippen molar-refractivity contribution in [2.24, 2.45) is 0 Å². The van der Waals surface area contributed by atoms with Crippen LogP contribution < -0.4 is 10.6 Å². The quantitative estimate of drug-likeness (QED) is 0.877. The number of anilines is 3. The van der Waals surface area contributed by atoms with Crippen LogP contribution in [0.5, 0.6) is 0 Å². The van der Waals surface area contributed by atoms with Crippen LogP contribution in [0.25, 0.3) is 0 Å². The Morgan fingerprint density at radius 3 is 2.85 bits per heavy atom. The summed E-state index contributed by atoms with van der Waals surface area (Å²) in [5.74, 6) is -1.17. The van der Waals surface area contributed by atoms with Crippen LogP contribution in [0, 0.1) is 11.6 Å². The Morgan fingerprint density at radius 1 is 1.30 bits per heavy atom. The van der Waals surface area contributed by atoms with Gasteiger partial charge in [-0.25, -0.2) is 13.8 Å². The third-order valence-electron chi connectivity index (χ3n) is 2.48. The normalized spacial score (nSPS) is 10.4. The number of rotatable bonds is 5. The Balaban J connectivity index is 2.26. The lowest BCUT2D eigenvalue weighted by atomic mass is 10.3. The van der Waals surface area contributed by atoms with Crippen LogP contribution in [0.4, 0.5) is 26.2 Å². The van der Waals surface area contributed by atoms with Gasteiger partial charge in [-0.05, 0) is 18.6 Å². The Bertz CT molecular complexity index is 607. The molecule has 0 aliphatic carbocycles. The fourth-order valence-electron chi connectivity index (χ4n) is 1.50. The van der Waals surface area contributed by atoms with Crippen LogP contribution in [-0.4, -0.2) is 16.5 Å². The highest BCUT2D eigenvalue weighted by Gasteiger charge is 2.11. The third kappa shape index (κ3) is 3.33. The van der Waals surface area contributed by atoms with Crippen LogP contribution in [0.2, 0.25) is 5.02 Å². The molecule has 0 atom stereocenters. The third-order valence-corrected chi connectivity index (χ3v) is 2.77. The molecule has 0 saturated carbocycles. The first-order valence-corrected chi connectivity index (χ1v) is 6.47. The van der Waals surface area contributed by atoms with Gasteiger partial charge in [-0.15, -0.1) is 0 Å². The van der Waals surface area contributed by atoms with Crippen molar-refractivity contribution in [1.29, 1.82) is 0 Å². The first-order valence-electron chi connectivity index (χ1n) is 6.09. The molecule has 2 rings (SSSR count). The summed E-state index contributed by atoms with van der Waals surface area (Å²) in [4.78, 5) is 7.76. The Kier molecular flexibility index (Phi) is 4.68. The number of aromatic nitrogens is 2. The van der Waals surface area contributed by atoms with Crippen molar-refractivity contribution in [3.8, 4) is 0 Å². The molecule has 0 aliphatic rings. The maximum Gasteiger partial charge on any atom is 0.224 e. The van der Waals surface area contributed by atoms with E-state index in [1.54, 1.807) is 6.07 Å². The van der Waals surface area contributed by atoms with Gasteiger partial charge in [-0.3, -0.25) is 0 Å². The van der Waals surface area contributed by atoms with Gasteiger partial charge in [-0.1, -0.05) is 24.6 Å². The zero-order chi connectivity index (χ0) is 14.5. The monoisotopic (exact) mass is 298 g/mol. The first-order chi connectivity index (χ1) is 9.61. The zero-order valence-electron chi connectivity index (χ0n) is 10.8. The van der Waals surface area contributed by atoms with Crippen molar-refractivity contribution >= 4 is 29.1 Å². The average Bonchev–Trinajstić information content (AvgIpc) is 2.44. The highest BCUT2D eigenvalue weighted by molar-refractivity contribution is 6.31. The molecule has 7 heteroatoms. The van der Waals surface area contributed by atoms with Crippen LogP contribution >= 0.6 is 11.6 Å². The smallest absolute Gasteiger partial charge is 0.224 e. The van der Waals surface area contributed by atoms with Crippen molar-refractivity contribution in [3.05, 3.63) is 41.1 Å². The van der Waals surface area contributed by atoms with E-state index in [-0.39, 0.29) is 22.5 Å². The molecule has 0 radical (unpaired) electrons. The van der Waals surface area contributed by atoms with Crippen molar-refractivity contribution < 1.29 is 8.78 Å². The molecule has 1 aromatic heterocycles. The second-order valence-corrected chi connectivity index (χ2v) is 4.45. The minimum Gasteiger partial charge on any atom is -0.354 e. The van der Waals surface area contributed by atoms with Gasteiger partial charge in [0.25, 0.3) is 0 Å². The molecule has 0 fully saturated rings. The molecule has 0 amide bonds. The largest absolute Gasteiger partial charge is 0.354 e. The molecular formula is C13H13ClF2N4. The summed E-state index contributed by atoms with van der Waals surface area (Å²) in [6.07, 6.45) is 1.90. The highest BCUT2D eigenvalue weighted by Crippen LogP contribution is 2.25. The highest BCUT2D eigenvalue weighted by atomic mass is 35.5. The molecule has 106 valence electrons. The zero-order valence-corrected chi connectivity index (χ0v) is 11.5. The second-order valence-electron chi connectivity index (χ2n) is 4.04. The van der Waals surface area contributed by atoms with Crippen LogP contribution in [0.1, 0.15) is 13.3 Å². The number of nitrogens with zero attached hydrogens (tertiary/aromatic N) is 2. The number of hydrogen-bond donors (Lipinski definition) is 2. The number of hydrogen-bond acceptors (Lipinski definition) is 4. The summed E-state index contributed by atoms with van der Waals surface area (Å²) in [6, 6.07) is 4.41. The van der Waals surface area contributed by atoms with Gasteiger partial charge >= 0.3 is 0 Å². The number of halogens is 3. The maximum atomic E-state index is 13.7. The van der Waals surface area contributed by atoms with E-state index in [4.69, 9.17) is 11.6 Å². The first kappa shape index (κ1) is 14.5. The number of nitrogens with one attached hydrogen (secondary N) is 2. The topological polar surface area (TPSA) is 49.8 Å². The van der Waals surface area contributed by atoms with Crippen molar-refractivity contribution in [1.82, 2.24) is 9.97 Å².